The van der Waals surface area contributed by atoms with Gasteiger partial charge in [-0.15, -0.1) is 0 Å². The van der Waals surface area contributed by atoms with Crippen LogP contribution in [0.5, 0.6) is 0 Å². The van der Waals surface area contributed by atoms with Crippen LogP contribution in [0.1, 0.15) is 17.5 Å². The lowest BCUT2D eigenvalue weighted by molar-refractivity contribution is 1.44. The Hall–Kier alpha value is -2.86. The maximum absolute atomic E-state index is 2.38. The van der Waals surface area contributed by atoms with Crippen LogP contribution in [0.3, 0.4) is 0 Å². The van der Waals surface area contributed by atoms with Crippen LogP contribution in [0.2, 0.25) is 0 Å². The van der Waals surface area contributed by atoms with Crippen molar-refractivity contribution in [2.75, 3.05) is 0 Å². The van der Waals surface area contributed by atoms with Gasteiger partial charge in [-0.1, -0.05) is 60.7 Å². The summed E-state index contributed by atoms with van der Waals surface area (Å²) < 4.78 is 0. The molecule has 4 aromatic rings. The molecule has 0 heterocycles. The molecule has 0 saturated carbocycles. The summed E-state index contributed by atoms with van der Waals surface area (Å²) >= 11 is 0. The Labute approximate surface area is 133 Å². The molecule has 0 bridgehead atoms. The van der Waals surface area contributed by atoms with Crippen molar-refractivity contribution in [2.24, 2.45) is 0 Å². The predicted octanol–water partition coefficient (Wildman–Crippen LogP) is 4.49. The third-order valence-corrected chi connectivity index (χ3v) is 5.33. The molecular formula is C23H14. The molecule has 0 nitrogen and oxygen atoms in total. The van der Waals surface area contributed by atoms with Crippen LogP contribution in [-0.2, 0) is 0 Å². The highest BCUT2D eigenvalue weighted by atomic mass is 14.2. The first-order valence-corrected chi connectivity index (χ1v) is 8.20. The smallest absolute Gasteiger partial charge is 0.00138 e. The Morgan fingerprint density at radius 1 is 0.696 bits per heavy atom. The van der Waals surface area contributed by atoms with Gasteiger partial charge in [-0.05, 0) is 72.4 Å². The van der Waals surface area contributed by atoms with Gasteiger partial charge < -0.3 is 0 Å². The first kappa shape index (κ1) is 11.7. The van der Waals surface area contributed by atoms with E-state index >= 15 is 0 Å². The van der Waals surface area contributed by atoms with E-state index in [0.29, 0.717) is 0 Å². The molecule has 0 unspecified atom stereocenters. The predicted molar refractivity (Wildman–Crippen MR) is 99.9 cm³/mol. The molecule has 6 rings (SSSR count). The Kier molecular flexibility index (Phi) is 1.98. The molecule has 0 amide bonds. The van der Waals surface area contributed by atoms with E-state index in [1.54, 1.807) is 0 Å². The number of hydrogen-bond acceptors (Lipinski definition) is 0. The molecule has 23 heavy (non-hydrogen) atoms. The van der Waals surface area contributed by atoms with E-state index < -0.39 is 0 Å². The lowest BCUT2D eigenvalue weighted by Crippen LogP contribution is -2.16. The average Bonchev–Trinajstić information content (AvgIpc) is 2.98. The van der Waals surface area contributed by atoms with Gasteiger partial charge in [0.05, 0.1) is 0 Å². The Balaban J connectivity index is 2.12. The zero-order valence-corrected chi connectivity index (χ0v) is 12.6. The van der Waals surface area contributed by atoms with Crippen molar-refractivity contribution >= 4 is 50.5 Å². The molecule has 0 aliphatic heterocycles. The lowest BCUT2D eigenvalue weighted by atomic mass is 9.90. The molecule has 0 fully saturated rings. The van der Waals surface area contributed by atoms with Gasteiger partial charge in [-0.25, -0.2) is 0 Å². The van der Waals surface area contributed by atoms with Crippen molar-refractivity contribution in [3.05, 3.63) is 76.2 Å². The fourth-order valence-corrected chi connectivity index (χ4v) is 4.44. The van der Waals surface area contributed by atoms with Gasteiger partial charge in [0.1, 0.15) is 0 Å². The number of allylic oxidation sites excluding steroid dienone is 1. The SMILES string of the molecule is C1=Cc2cc3c4c5c(cccc5c5ccccc5c4c2=CC1)C=3. The monoisotopic (exact) mass is 290 g/mol. The molecule has 2 aliphatic rings. The van der Waals surface area contributed by atoms with Gasteiger partial charge in [-0.3, -0.25) is 0 Å². The molecule has 0 N–H and O–H groups in total. The summed E-state index contributed by atoms with van der Waals surface area (Å²) in [6, 6.07) is 17.9. The molecule has 0 radical (unpaired) electrons. The highest BCUT2D eigenvalue weighted by molar-refractivity contribution is 6.29. The molecule has 0 spiro atoms. The molecule has 0 aromatic heterocycles. The van der Waals surface area contributed by atoms with E-state index in [1.165, 1.54) is 53.9 Å². The fraction of sp³-hybridized carbons (Fsp3) is 0.0435. The standard InChI is InChI=1S/C23H14/c1-2-8-17-14(6-1)12-16-13-15-7-5-11-19-18-9-3-4-10-20(18)23(17)22(16)21(15)19/h1,3-13H,2H2. The van der Waals surface area contributed by atoms with Crippen molar-refractivity contribution in [1.82, 2.24) is 0 Å². The Morgan fingerprint density at radius 2 is 1.52 bits per heavy atom. The maximum Gasteiger partial charge on any atom is -0.00138 e. The van der Waals surface area contributed by atoms with Crippen LogP contribution in [0.25, 0.3) is 50.5 Å². The average molecular weight is 290 g/mol. The summed E-state index contributed by atoms with van der Waals surface area (Å²) in [4.78, 5) is 0. The van der Waals surface area contributed by atoms with Crippen molar-refractivity contribution < 1.29 is 0 Å². The van der Waals surface area contributed by atoms with Crippen LogP contribution in [-0.4, -0.2) is 0 Å². The van der Waals surface area contributed by atoms with E-state index in [9.17, 15) is 0 Å². The summed E-state index contributed by atoms with van der Waals surface area (Å²) in [6.45, 7) is 0. The van der Waals surface area contributed by atoms with Crippen molar-refractivity contribution in [2.45, 2.75) is 6.42 Å². The van der Waals surface area contributed by atoms with E-state index in [2.05, 4.69) is 72.8 Å². The summed E-state index contributed by atoms with van der Waals surface area (Å²) in [5.41, 5.74) is 2.71. The van der Waals surface area contributed by atoms with E-state index in [0.717, 1.165) is 6.42 Å². The minimum absolute atomic E-state index is 1.03. The number of benzene rings is 4. The highest BCUT2D eigenvalue weighted by Gasteiger charge is 2.17. The van der Waals surface area contributed by atoms with Gasteiger partial charge in [-0.2, -0.15) is 0 Å². The Morgan fingerprint density at radius 3 is 2.48 bits per heavy atom. The quantitative estimate of drug-likeness (QED) is 0.369. The molecule has 4 aromatic carbocycles. The Bertz CT molecular complexity index is 1320. The van der Waals surface area contributed by atoms with Crippen LogP contribution >= 0.6 is 0 Å². The molecule has 0 atom stereocenters. The minimum atomic E-state index is 1.03. The second-order valence-electron chi connectivity index (χ2n) is 6.52. The first-order valence-electron chi connectivity index (χ1n) is 8.20. The molecular weight excluding hydrogens is 276 g/mol. The fourth-order valence-electron chi connectivity index (χ4n) is 4.44. The van der Waals surface area contributed by atoms with Crippen LogP contribution in [0.15, 0.2) is 54.6 Å². The van der Waals surface area contributed by atoms with Gasteiger partial charge in [0.25, 0.3) is 0 Å². The van der Waals surface area contributed by atoms with Crippen molar-refractivity contribution in [3.63, 3.8) is 0 Å². The third-order valence-electron chi connectivity index (χ3n) is 5.33. The van der Waals surface area contributed by atoms with E-state index in [-0.39, 0.29) is 0 Å². The zero-order valence-electron chi connectivity index (χ0n) is 12.6. The van der Waals surface area contributed by atoms with Crippen LogP contribution in [0.4, 0.5) is 0 Å². The lowest BCUT2D eigenvalue weighted by Gasteiger charge is -2.13. The molecule has 0 saturated heterocycles. The van der Waals surface area contributed by atoms with Gasteiger partial charge in [0.2, 0.25) is 0 Å². The maximum atomic E-state index is 2.38. The summed E-state index contributed by atoms with van der Waals surface area (Å²) in [6.07, 6.45) is 10.3. The van der Waals surface area contributed by atoms with Gasteiger partial charge in [0, 0.05) is 0 Å². The largest absolute Gasteiger partial charge is 0.0801 e. The zero-order chi connectivity index (χ0) is 15.0. The number of hydrogen-bond donors (Lipinski definition) is 0. The second kappa shape index (κ2) is 3.91. The number of rotatable bonds is 0. The minimum Gasteiger partial charge on any atom is -0.0801 e. The van der Waals surface area contributed by atoms with Crippen molar-refractivity contribution in [1.29, 1.82) is 0 Å². The summed E-state index contributed by atoms with van der Waals surface area (Å²) in [7, 11) is 0. The van der Waals surface area contributed by atoms with E-state index in [4.69, 9.17) is 0 Å². The van der Waals surface area contributed by atoms with Crippen LogP contribution in [0, 0.1) is 0 Å². The van der Waals surface area contributed by atoms with Gasteiger partial charge >= 0.3 is 0 Å². The topological polar surface area (TPSA) is 0 Å². The summed E-state index contributed by atoms with van der Waals surface area (Å²) in [5.74, 6) is 0. The second-order valence-corrected chi connectivity index (χ2v) is 6.52. The van der Waals surface area contributed by atoms with Crippen molar-refractivity contribution in [3.8, 4) is 0 Å². The normalized spacial score (nSPS) is 14.4. The highest BCUT2D eigenvalue weighted by Crippen LogP contribution is 2.36. The number of fused-ring (bicyclic) bond motifs is 5. The molecule has 2 aliphatic carbocycles. The third kappa shape index (κ3) is 1.33. The first-order chi connectivity index (χ1) is 11.4. The molecule has 106 valence electrons. The van der Waals surface area contributed by atoms with Crippen LogP contribution < -0.4 is 10.4 Å². The van der Waals surface area contributed by atoms with Gasteiger partial charge in [0.15, 0.2) is 0 Å². The van der Waals surface area contributed by atoms with E-state index in [1.807, 2.05) is 0 Å². The molecule has 0 heteroatoms. The summed E-state index contributed by atoms with van der Waals surface area (Å²) in [5, 5.41) is 11.2.